The highest BCUT2D eigenvalue weighted by Crippen LogP contribution is 2.54. The second kappa shape index (κ2) is 5.46. The molecule has 2 aliphatic carbocycles. The van der Waals surface area contributed by atoms with Gasteiger partial charge in [-0.2, -0.15) is 0 Å². The molecule has 4 aliphatic rings. The van der Waals surface area contributed by atoms with E-state index in [1.807, 2.05) is 0 Å². The first-order valence-corrected chi connectivity index (χ1v) is 8.65. The number of hydrogen-bond acceptors (Lipinski definition) is 6. The molecular formula is C19H22O6. The fraction of sp³-hybridized carbons (Fsp3) is 0.579. The number of cyclic esters (lactones) is 1. The zero-order valence-electron chi connectivity index (χ0n) is 14.6. The van der Waals surface area contributed by atoms with E-state index in [0.29, 0.717) is 17.6 Å². The molecule has 1 N–H and O–H groups in total. The molecule has 6 nitrogen and oxygen atoms in total. The summed E-state index contributed by atoms with van der Waals surface area (Å²) in [4.78, 5) is 23.7. The molecule has 0 unspecified atom stereocenters. The highest BCUT2D eigenvalue weighted by Gasteiger charge is 2.53. The number of ether oxygens (including phenoxy) is 3. The number of aliphatic hydroxyl groups excluding tert-OH is 1. The van der Waals surface area contributed by atoms with Crippen LogP contribution in [-0.4, -0.2) is 35.5 Å². The average molecular weight is 346 g/mol. The van der Waals surface area contributed by atoms with Crippen molar-refractivity contribution in [3.05, 3.63) is 34.6 Å². The van der Waals surface area contributed by atoms with Gasteiger partial charge in [0.1, 0.15) is 6.10 Å². The van der Waals surface area contributed by atoms with Gasteiger partial charge >= 0.3 is 11.9 Å². The zero-order chi connectivity index (χ0) is 17.9. The minimum absolute atomic E-state index is 0.0919. The van der Waals surface area contributed by atoms with Crippen LogP contribution in [0, 0.1) is 11.3 Å². The molecule has 1 fully saturated rings. The van der Waals surface area contributed by atoms with Gasteiger partial charge in [0.25, 0.3) is 6.29 Å². The fourth-order valence-electron chi connectivity index (χ4n) is 4.38. The first-order chi connectivity index (χ1) is 11.8. The van der Waals surface area contributed by atoms with Crippen molar-refractivity contribution in [1.29, 1.82) is 0 Å². The summed E-state index contributed by atoms with van der Waals surface area (Å²) in [5.74, 6) is -0.965. The number of carbonyl (C=O) groups excluding carboxylic acids is 2. The minimum atomic E-state index is -0.808. The van der Waals surface area contributed by atoms with Gasteiger partial charge < -0.3 is 19.3 Å². The number of aliphatic hydroxyl groups is 1. The Hall–Kier alpha value is -2.08. The van der Waals surface area contributed by atoms with E-state index in [0.717, 1.165) is 24.0 Å². The summed E-state index contributed by atoms with van der Waals surface area (Å²) >= 11 is 0. The zero-order valence-corrected chi connectivity index (χ0v) is 14.6. The van der Waals surface area contributed by atoms with Crippen LogP contribution in [0.25, 0.3) is 0 Å². The normalized spacial score (nSPS) is 37.6. The maximum absolute atomic E-state index is 12.3. The van der Waals surface area contributed by atoms with Crippen molar-refractivity contribution in [2.24, 2.45) is 11.3 Å². The third-order valence-electron chi connectivity index (χ3n) is 5.74. The van der Waals surface area contributed by atoms with Gasteiger partial charge in [0.15, 0.2) is 0 Å². The lowest BCUT2D eigenvalue weighted by molar-refractivity contribution is -0.152. The van der Waals surface area contributed by atoms with Crippen LogP contribution in [0.2, 0.25) is 0 Å². The maximum Gasteiger partial charge on any atom is 0.338 e. The Labute approximate surface area is 146 Å². The first-order valence-electron chi connectivity index (χ1n) is 8.65. The Morgan fingerprint density at radius 2 is 2.04 bits per heavy atom. The molecule has 2 heterocycles. The smallest absolute Gasteiger partial charge is 0.338 e. The molecule has 0 saturated carbocycles. The van der Waals surface area contributed by atoms with E-state index in [1.54, 1.807) is 13.0 Å². The van der Waals surface area contributed by atoms with Gasteiger partial charge in [0.2, 0.25) is 0 Å². The van der Waals surface area contributed by atoms with Gasteiger partial charge in [-0.25, -0.2) is 9.59 Å². The summed E-state index contributed by atoms with van der Waals surface area (Å²) in [5, 5.41) is 10.4. The largest absolute Gasteiger partial charge is 0.458 e. The Bertz CT molecular complexity index is 741. The predicted molar refractivity (Wildman–Crippen MR) is 86.8 cm³/mol. The van der Waals surface area contributed by atoms with Crippen LogP contribution in [0.4, 0.5) is 0 Å². The van der Waals surface area contributed by atoms with Gasteiger partial charge in [0, 0.05) is 17.6 Å². The van der Waals surface area contributed by atoms with Gasteiger partial charge in [-0.1, -0.05) is 13.8 Å². The molecule has 0 aromatic rings. The summed E-state index contributed by atoms with van der Waals surface area (Å²) in [5.41, 5.74) is 2.91. The van der Waals surface area contributed by atoms with E-state index < -0.39 is 24.3 Å². The van der Waals surface area contributed by atoms with E-state index in [4.69, 9.17) is 14.2 Å². The second-order valence-electron chi connectivity index (χ2n) is 7.85. The highest BCUT2D eigenvalue weighted by molar-refractivity contribution is 5.92. The van der Waals surface area contributed by atoms with E-state index >= 15 is 0 Å². The summed E-state index contributed by atoms with van der Waals surface area (Å²) in [6, 6.07) is 0. The van der Waals surface area contributed by atoms with Gasteiger partial charge in [-0.3, -0.25) is 0 Å². The first kappa shape index (κ1) is 16.4. The van der Waals surface area contributed by atoms with Crippen LogP contribution in [-0.2, 0) is 23.8 Å². The van der Waals surface area contributed by atoms with Crippen LogP contribution >= 0.6 is 0 Å². The quantitative estimate of drug-likeness (QED) is 0.357. The number of fused-ring (bicyclic) bond motifs is 2. The van der Waals surface area contributed by atoms with Crippen LogP contribution in [0.1, 0.15) is 40.0 Å². The third-order valence-corrected chi connectivity index (χ3v) is 5.74. The molecule has 0 aromatic carbocycles. The van der Waals surface area contributed by atoms with E-state index in [1.165, 1.54) is 6.26 Å². The van der Waals surface area contributed by atoms with Crippen LogP contribution in [0.5, 0.6) is 0 Å². The monoisotopic (exact) mass is 346 g/mol. The lowest BCUT2D eigenvalue weighted by atomic mass is 9.71. The fourth-order valence-corrected chi connectivity index (χ4v) is 4.38. The SMILES string of the molecule is CC1=C[C@H](O/C=C2\C(=O)O[C@@H]3C4=C(C[C@H]23)[C@@H](O)CCC4(C)C)OC1=O. The molecule has 0 spiro atoms. The van der Waals surface area contributed by atoms with E-state index in [2.05, 4.69) is 13.8 Å². The molecule has 2 aliphatic heterocycles. The molecule has 4 rings (SSSR count). The van der Waals surface area contributed by atoms with Crippen LogP contribution in [0.15, 0.2) is 34.6 Å². The van der Waals surface area contributed by atoms with Crippen LogP contribution < -0.4 is 0 Å². The molecule has 25 heavy (non-hydrogen) atoms. The number of rotatable bonds is 2. The topological polar surface area (TPSA) is 82.1 Å². The summed E-state index contributed by atoms with van der Waals surface area (Å²) in [6.07, 6.45) is 3.53. The second-order valence-corrected chi connectivity index (χ2v) is 7.85. The Morgan fingerprint density at radius 3 is 2.72 bits per heavy atom. The molecule has 0 radical (unpaired) electrons. The van der Waals surface area contributed by atoms with Crippen molar-refractivity contribution < 1.29 is 28.9 Å². The third kappa shape index (κ3) is 2.51. The number of esters is 2. The molecule has 134 valence electrons. The van der Waals surface area contributed by atoms with Crippen molar-refractivity contribution in [3.63, 3.8) is 0 Å². The van der Waals surface area contributed by atoms with Crippen molar-refractivity contribution in [2.45, 2.75) is 58.5 Å². The average Bonchev–Trinajstić information content (AvgIpc) is 3.15. The number of carbonyl (C=O) groups is 2. The molecule has 0 amide bonds. The minimum Gasteiger partial charge on any atom is -0.458 e. The van der Waals surface area contributed by atoms with Gasteiger partial charge in [-0.15, -0.1) is 0 Å². The molecule has 0 aromatic heterocycles. The molecule has 6 heteroatoms. The maximum atomic E-state index is 12.3. The summed E-state index contributed by atoms with van der Waals surface area (Å²) in [7, 11) is 0. The van der Waals surface area contributed by atoms with Crippen molar-refractivity contribution in [3.8, 4) is 0 Å². The molecule has 0 bridgehead atoms. The number of hydrogen-bond donors (Lipinski definition) is 1. The highest BCUT2D eigenvalue weighted by atomic mass is 16.7. The van der Waals surface area contributed by atoms with Gasteiger partial charge in [-0.05, 0) is 42.7 Å². The predicted octanol–water partition coefficient (Wildman–Crippen LogP) is 2.14. The van der Waals surface area contributed by atoms with E-state index in [9.17, 15) is 14.7 Å². The van der Waals surface area contributed by atoms with Crippen LogP contribution in [0.3, 0.4) is 0 Å². The summed E-state index contributed by atoms with van der Waals surface area (Å²) in [6.45, 7) is 5.92. The lowest BCUT2D eigenvalue weighted by Gasteiger charge is -2.36. The van der Waals surface area contributed by atoms with Crippen molar-refractivity contribution in [1.82, 2.24) is 0 Å². The van der Waals surface area contributed by atoms with Gasteiger partial charge in [0.05, 0.1) is 17.9 Å². The molecule has 1 saturated heterocycles. The van der Waals surface area contributed by atoms with Crippen molar-refractivity contribution in [2.75, 3.05) is 0 Å². The Balaban J connectivity index is 1.57. The Kier molecular flexibility index (Phi) is 3.58. The lowest BCUT2D eigenvalue weighted by Crippen LogP contribution is -2.31. The van der Waals surface area contributed by atoms with E-state index in [-0.39, 0.29) is 17.4 Å². The molecule has 4 atom stereocenters. The van der Waals surface area contributed by atoms with Crippen molar-refractivity contribution >= 4 is 11.9 Å². The Morgan fingerprint density at radius 1 is 1.28 bits per heavy atom. The molecular weight excluding hydrogens is 324 g/mol. The summed E-state index contributed by atoms with van der Waals surface area (Å²) < 4.78 is 16.1. The standard InChI is InChI=1S/C19H22O6/c1-9-6-14(24-17(9)21)23-8-12-10-7-11-13(20)4-5-19(2,3)15(11)16(10)25-18(12)22/h6,8,10,13-14,16,20H,4-5,7H2,1-3H3/b12-8-/t10-,13+,14-,16+/m1/s1.